The van der Waals surface area contributed by atoms with Crippen molar-refractivity contribution in [2.45, 2.75) is 52.4 Å². The molecule has 1 aromatic heterocycles. The molecular formula is C17H23NO. The molecule has 1 N–H and O–H groups in total. The Morgan fingerprint density at radius 2 is 1.53 bits per heavy atom. The average molecular weight is 257 g/mol. The van der Waals surface area contributed by atoms with Gasteiger partial charge >= 0.3 is 0 Å². The van der Waals surface area contributed by atoms with Crippen LogP contribution in [0.2, 0.25) is 0 Å². The van der Waals surface area contributed by atoms with Crippen molar-refractivity contribution in [1.82, 2.24) is 4.98 Å². The summed E-state index contributed by atoms with van der Waals surface area (Å²) in [6.07, 6.45) is 0. The summed E-state index contributed by atoms with van der Waals surface area (Å²) in [5.74, 6) is 0.295. The van der Waals surface area contributed by atoms with Crippen molar-refractivity contribution in [3.05, 3.63) is 35.5 Å². The van der Waals surface area contributed by atoms with Crippen molar-refractivity contribution >= 4 is 10.9 Å². The van der Waals surface area contributed by atoms with Crippen LogP contribution in [-0.2, 0) is 10.8 Å². The van der Waals surface area contributed by atoms with Gasteiger partial charge in [-0.15, -0.1) is 0 Å². The maximum atomic E-state index is 9.72. The molecule has 0 spiro atoms. The Balaban J connectivity index is 2.85. The van der Waals surface area contributed by atoms with Crippen molar-refractivity contribution in [3.8, 4) is 5.75 Å². The van der Waals surface area contributed by atoms with Gasteiger partial charge in [-0.05, 0) is 35.2 Å². The lowest BCUT2D eigenvalue weighted by atomic mass is 9.81. The Bertz CT molecular complexity index is 615. The molecule has 0 fully saturated rings. The summed E-state index contributed by atoms with van der Waals surface area (Å²) in [5.41, 5.74) is 3.32. The van der Waals surface area contributed by atoms with E-state index in [4.69, 9.17) is 4.98 Å². The molecule has 0 aliphatic carbocycles. The SMILES string of the molecule is CC(C)(C)c1cc(C(C)(C)C)c2cc(O)ccc2n1. The van der Waals surface area contributed by atoms with E-state index in [1.165, 1.54) is 5.56 Å². The van der Waals surface area contributed by atoms with Gasteiger partial charge in [-0.1, -0.05) is 41.5 Å². The van der Waals surface area contributed by atoms with Crippen LogP contribution in [0.3, 0.4) is 0 Å². The second-order valence-electron chi connectivity index (χ2n) is 7.26. The number of rotatable bonds is 0. The highest BCUT2D eigenvalue weighted by Gasteiger charge is 2.23. The fourth-order valence-corrected chi connectivity index (χ4v) is 2.22. The van der Waals surface area contributed by atoms with Gasteiger partial charge in [-0.2, -0.15) is 0 Å². The number of phenolic OH excluding ortho intramolecular Hbond substituents is 1. The first-order valence-electron chi connectivity index (χ1n) is 6.74. The summed E-state index contributed by atoms with van der Waals surface area (Å²) in [6.45, 7) is 13.1. The molecule has 0 amide bonds. The Morgan fingerprint density at radius 1 is 0.895 bits per heavy atom. The van der Waals surface area contributed by atoms with E-state index in [0.29, 0.717) is 5.75 Å². The van der Waals surface area contributed by atoms with Gasteiger partial charge in [-0.3, -0.25) is 4.98 Å². The largest absolute Gasteiger partial charge is 0.508 e. The number of nitrogens with zero attached hydrogens (tertiary/aromatic N) is 1. The summed E-state index contributed by atoms with van der Waals surface area (Å²) >= 11 is 0. The lowest BCUT2D eigenvalue weighted by molar-refractivity contribution is 0.476. The molecule has 2 rings (SSSR count). The molecule has 1 heterocycles. The number of aromatic hydroxyl groups is 1. The first kappa shape index (κ1) is 13.9. The summed E-state index contributed by atoms with van der Waals surface area (Å²) in [5, 5.41) is 10.8. The summed E-state index contributed by atoms with van der Waals surface area (Å²) in [4.78, 5) is 4.75. The predicted octanol–water partition coefficient (Wildman–Crippen LogP) is 4.54. The number of benzene rings is 1. The van der Waals surface area contributed by atoms with Crippen LogP contribution >= 0.6 is 0 Å². The number of hydrogen-bond donors (Lipinski definition) is 1. The van der Waals surface area contributed by atoms with Crippen molar-refractivity contribution < 1.29 is 5.11 Å². The highest BCUT2D eigenvalue weighted by Crippen LogP contribution is 2.34. The Labute approximate surface area is 115 Å². The van der Waals surface area contributed by atoms with E-state index in [0.717, 1.165) is 16.6 Å². The Morgan fingerprint density at radius 3 is 2.05 bits per heavy atom. The normalized spacial score (nSPS) is 12.9. The van der Waals surface area contributed by atoms with Crippen LogP contribution in [0.25, 0.3) is 10.9 Å². The molecule has 0 saturated carbocycles. The zero-order valence-electron chi connectivity index (χ0n) is 12.7. The number of pyridine rings is 1. The van der Waals surface area contributed by atoms with Crippen molar-refractivity contribution in [2.24, 2.45) is 0 Å². The smallest absolute Gasteiger partial charge is 0.116 e. The third-order valence-electron chi connectivity index (χ3n) is 3.37. The molecule has 2 aromatic rings. The molecule has 0 radical (unpaired) electrons. The van der Waals surface area contributed by atoms with E-state index in [9.17, 15) is 5.11 Å². The summed E-state index contributed by atoms with van der Waals surface area (Å²) in [7, 11) is 0. The van der Waals surface area contributed by atoms with Gasteiger partial charge in [0.05, 0.1) is 5.52 Å². The average Bonchev–Trinajstić information content (AvgIpc) is 2.24. The molecule has 0 unspecified atom stereocenters. The van der Waals surface area contributed by atoms with E-state index in [1.807, 2.05) is 12.1 Å². The van der Waals surface area contributed by atoms with E-state index >= 15 is 0 Å². The van der Waals surface area contributed by atoms with Crippen LogP contribution in [0.4, 0.5) is 0 Å². The van der Waals surface area contributed by atoms with Crippen LogP contribution in [0.15, 0.2) is 24.3 Å². The van der Waals surface area contributed by atoms with Gasteiger partial charge in [0.15, 0.2) is 0 Å². The fraction of sp³-hybridized carbons (Fsp3) is 0.471. The van der Waals surface area contributed by atoms with E-state index in [1.54, 1.807) is 6.07 Å². The molecule has 2 nitrogen and oxygen atoms in total. The van der Waals surface area contributed by atoms with Gasteiger partial charge in [0.1, 0.15) is 5.75 Å². The third kappa shape index (κ3) is 2.73. The predicted molar refractivity (Wildman–Crippen MR) is 80.8 cm³/mol. The molecule has 2 heteroatoms. The van der Waals surface area contributed by atoms with Crippen LogP contribution in [0, 0.1) is 0 Å². The van der Waals surface area contributed by atoms with E-state index < -0.39 is 0 Å². The van der Waals surface area contributed by atoms with Crippen LogP contribution in [0.1, 0.15) is 52.8 Å². The summed E-state index contributed by atoms with van der Waals surface area (Å²) in [6, 6.07) is 7.60. The molecule has 0 aliphatic heterocycles. The maximum Gasteiger partial charge on any atom is 0.116 e. The summed E-state index contributed by atoms with van der Waals surface area (Å²) < 4.78 is 0. The number of phenols is 1. The van der Waals surface area contributed by atoms with Gasteiger partial charge in [0.2, 0.25) is 0 Å². The quantitative estimate of drug-likeness (QED) is 0.752. The number of hydrogen-bond acceptors (Lipinski definition) is 2. The lowest BCUT2D eigenvalue weighted by Gasteiger charge is -2.26. The lowest BCUT2D eigenvalue weighted by Crippen LogP contribution is -2.18. The first-order chi connectivity index (χ1) is 8.59. The first-order valence-corrected chi connectivity index (χ1v) is 6.74. The minimum absolute atomic E-state index is 0.0199. The molecule has 1 aromatic carbocycles. The van der Waals surface area contributed by atoms with Gasteiger partial charge in [-0.25, -0.2) is 0 Å². The monoisotopic (exact) mass is 257 g/mol. The molecule has 0 saturated heterocycles. The topological polar surface area (TPSA) is 33.1 Å². The van der Waals surface area contributed by atoms with Crippen LogP contribution in [0.5, 0.6) is 5.75 Å². The molecular weight excluding hydrogens is 234 g/mol. The number of fused-ring (bicyclic) bond motifs is 1. The minimum atomic E-state index is 0.0199. The molecule has 19 heavy (non-hydrogen) atoms. The van der Waals surface area contributed by atoms with E-state index in [-0.39, 0.29) is 10.8 Å². The standard InChI is InChI=1S/C17H23NO/c1-16(2,3)13-10-15(17(4,5)6)18-14-8-7-11(19)9-12(13)14/h7-10,19H,1-6H3. The Kier molecular flexibility index (Phi) is 3.08. The van der Waals surface area contributed by atoms with Gasteiger partial charge < -0.3 is 5.11 Å². The van der Waals surface area contributed by atoms with Gasteiger partial charge in [0.25, 0.3) is 0 Å². The zero-order valence-corrected chi connectivity index (χ0v) is 12.7. The van der Waals surface area contributed by atoms with Crippen molar-refractivity contribution in [3.63, 3.8) is 0 Å². The van der Waals surface area contributed by atoms with E-state index in [2.05, 4.69) is 47.6 Å². The molecule has 102 valence electrons. The highest BCUT2D eigenvalue weighted by atomic mass is 16.3. The van der Waals surface area contributed by atoms with Crippen LogP contribution in [-0.4, -0.2) is 10.1 Å². The highest BCUT2D eigenvalue weighted by molar-refractivity contribution is 5.85. The molecule has 0 aliphatic rings. The number of aromatic nitrogens is 1. The van der Waals surface area contributed by atoms with Gasteiger partial charge in [0, 0.05) is 16.5 Å². The fourth-order valence-electron chi connectivity index (χ4n) is 2.22. The van der Waals surface area contributed by atoms with Crippen molar-refractivity contribution in [2.75, 3.05) is 0 Å². The second kappa shape index (κ2) is 4.22. The second-order valence-corrected chi connectivity index (χ2v) is 7.26. The third-order valence-corrected chi connectivity index (χ3v) is 3.37. The molecule has 0 atom stereocenters. The zero-order chi connectivity index (χ0) is 14.4. The maximum absolute atomic E-state index is 9.72. The Hall–Kier alpha value is -1.57. The minimum Gasteiger partial charge on any atom is -0.508 e. The molecule has 0 bridgehead atoms. The van der Waals surface area contributed by atoms with Crippen molar-refractivity contribution in [1.29, 1.82) is 0 Å². The van der Waals surface area contributed by atoms with Crippen LogP contribution < -0.4 is 0 Å².